The van der Waals surface area contributed by atoms with Crippen molar-refractivity contribution >= 4 is 17.0 Å². The predicted molar refractivity (Wildman–Crippen MR) is 83.8 cm³/mol. The number of aromatic amines is 1. The van der Waals surface area contributed by atoms with E-state index in [9.17, 15) is 0 Å². The maximum absolute atomic E-state index is 3.48. The summed E-state index contributed by atoms with van der Waals surface area (Å²) in [5.41, 5.74) is 7.44. The maximum atomic E-state index is 3.48. The molecule has 1 aliphatic rings. The Morgan fingerprint density at radius 3 is 2.74 bits per heavy atom. The Hall–Kier alpha value is -1.50. The Kier molecular flexibility index (Phi) is 3.00. The van der Waals surface area contributed by atoms with Gasteiger partial charge in [-0.3, -0.25) is 0 Å². The molecule has 0 saturated carbocycles. The van der Waals surface area contributed by atoms with Crippen molar-refractivity contribution in [2.45, 2.75) is 52.4 Å². The van der Waals surface area contributed by atoms with Gasteiger partial charge in [-0.25, -0.2) is 0 Å². The number of H-pyrrole nitrogens is 1. The minimum Gasteiger partial charge on any atom is -0.361 e. The van der Waals surface area contributed by atoms with Gasteiger partial charge in [0.2, 0.25) is 0 Å². The number of rotatable bonds is 2. The number of fused-ring (bicyclic) bond motifs is 3. The highest BCUT2D eigenvalue weighted by Gasteiger charge is 2.30. The minimum absolute atomic E-state index is 0.675. The third kappa shape index (κ3) is 1.75. The van der Waals surface area contributed by atoms with Crippen LogP contribution in [0.15, 0.2) is 18.3 Å². The van der Waals surface area contributed by atoms with Gasteiger partial charge in [0, 0.05) is 17.1 Å². The first kappa shape index (κ1) is 12.5. The molecule has 1 heterocycles. The highest BCUT2D eigenvalue weighted by Crippen LogP contribution is 2.47. The summed E-state index contributed by atoms with van der Waals surface area (Å²) in [5, 5.41) is 1.39. The third-order valence-corrected chi connectivity index (χ3v) is 4.62. The molecule has 1 aliphatic carbocycles. The van der Waals surface area contributed by atoms with Gasteiger partial charge >= 0.3 is 0 Å². The fourth-order valence-corrected chi connectivity index (χ4v) is 3.86. The molecule has 0 saturated heterocycles. The van der Waals surface area contributed by atoms with Gasteiger partial charge in [0.15, 0.2) is 0 Å². The van der Waals surface area contributed by atoms with E-state index in [0.717, 1.165) is 6.42 Å². The molecule has 1 nitrogen and oxygen atoms in total. The van der Waals surface area contributed by atoms with Crippen LogP contribution in [0.5, 0.6) is 0 Å². The van der Waals surface area contributed by atoms with Gasteiger partial charge in [0.05, 0.1) is 0 Å². The zero-order valence-electron chi connectivity index (χ0n) is 12.4. The van der Waals surface area contributed by atoms with Gasteiger partial charge in [-0.05, 0) is 59.9 Å². The van der Waals surface area contributed by atoms with Gasteiger partial charge in [0.1, 0.15) is 0 Å². The van der Waals surface area contributed by atoms with Gasteiger partial charge in [0.25, 0.3) is 0 Å². The molecule has 0 fully saturated rings. The molecule has 0 radical (unpaired) electrons. The Balaban J connectivity index is 2.37. The van der Waals surface area contributed by atoms with Crippen LogP contribution < -0.4 is 0 Å². The number of hydrogen-bond donors (Lipinski definition) is 1. The standard InChI is InChI=1S/C18H23N/c1-5-6-7-14-13(4)16-11(2)10-12(3)17(16)18-15(14)8-9-19-18/h6-9,11-12,19H,5,10H2,1-4H3. The average molecular weight is 253 g/mol. The Morgan fingerprint density at radius 2 is 2.00 bits per heavy atom. The van der Waals surface area contributed by atoms with Crippen molar-refractivity contribution in [3.63, 3.8) is 0 Å². The second kappa shape index (κ2) is 4.56. The zero-order chi connectivity index (χ0) is 13.6. The van der Waals surface area contributed by atoms with Gasteiger partial charge in [-0.2, -0.15) is 0 Å². The van der Waals surface area contributed by atoms with Gasteiger partial charge < -0.3 is 4.98 Å². The van der Waals surface area contributed by atoms with E-state index in [2.05, 4.69) is 57.1 Å². The van der Waals surface area contributed by atoms with Gasteiger partial charge in [-0.15, -0.1) is 0 Å². The summed E-state index contributed by atoms with van der Waals surface area (Å²) in [6.45, 7) is 9.23. The van der Waals surface area contributed by atoms with E-state index >= 15 is 0 Å². The van der Waals surface area contributed by atoms with E-state index in [4.69, 9.17) is 0 Å². The van der Waals surface area contributed by atoms with Crippen LogP contribution >= 0.6 is 0 Å². The molecule has 1 N–H and O–H groups in total. The predicted octanol–water partition coefficient (Wildman–Crippen LogP) is 5.51. The zero-order valence-corrected chi connectivity index (χ0v) is 12.4. The summed E-state index contributed by atoms with van der Waals surface area (Å²) in [6, 6.07) is 2.23. The lowest BCUT2D eigenvalue weighted by molar-refractivity contribution is 0.661. The number of allylic oxidation sites excluding steroid dienone is 1. The van der Waals surface area contributed by atoms with Crippen molar-refractivity contribution in [1.82, 2.24) is 4.98 Å². The van der Waals surface area contributed by atoms with Crippen LogP contribution in [0, 0.1) is 6.92 Å². The quantitative estimate of drug-likeness (QED) is 0.726. The molecule has 1 aromatic heterocycles. The molecule has 19 heavy (non-hydrogen) atoms. The van der Waals surface area contributed by atoms with Crippen molar-refractivity contribution in [2.24, 2.45) is 0 Å². The van der Waals surface area contributed by atoms with E-state index in [-0.39, 0.29) is 0 Å². The Bertz CT molecular complexity index is 645. The van der Waals surface area contributed by atoms with Crippen LogP contribution in [-0.4, -0.2) is 4.98 Å². The van der Waals surface area contributed by atoms with Crippen LogP contribution in [-0.2, 0) is 0 Å². The van der Waals surface area contributed by atoms with Crippen LogP contribution in [0.1, 0.15) is 67.7 Å². The molecule has 1 heteroatoms. The van der Waals surface area contributed by atoms with Crippen molar-refractivity contribution in [3.05, 3.63) is 40.6 Å². The fourth-order valence-electron chi connectivity index (χ4n) is 3.86. The summed E-state index contributed by atoms with van der Waals surface area (Å²) in [4.78, 5) is 3.48. The second-order valence-electron chi connectivity index (χ2n) is 5.98. The van der Waals surface area contributed by atoms with Crippen LogP contribution in [0.3, 0.4) is 0 Å². The molecule has 100 valence electrons. The van der Waals surface area contributed by atoms with Crippen molar-refractivity contribution in [3.8, 4) is 0 Å². The molecule has 0 spiro atoms. The molecule has 2 unspecified atom stereocenters. The first-order chi connectivity index (χ1) is 9.15. The Labute approximate surface area is 115 Å². The van der Waals surface area contributed by atoms with Crippen molar-refractivity contribution in [1.29, 1.82) is 0 Å². The molecular weight excluding hydrogens is 230 g/mol. The number of aromatic nitrogens is 1. The molecule has 2 aromatic rings. The lowest BCUT2D eigenvalue weighted by Crippen LogP contribution is -1.97. The number of hydrogen-bond acceptors (Lipinski definition) is 0. The highest BCUT2D eigenvalue weighted by atomic mass is 14.7. The van der Waals surface area contributed by atoms with E-state index in [1.54, 1.807) is 11.1 Å². The SMILES string of the molecule is CCC=Cc1c(C)c2c(c3[nH]ccc13)C(C)CC2C. The maximum Gasteiger partial charge on any atom is 0.0498 e. The van der Waals surface area contributed by atoms with Crippen LogP contribution in [0.2, 0.25) is 0 Å². The summed E-state index contributed by atoms with van der Waals surface area (Å²) >= 11 is 0. The first-order valence-corrected chi connectivity index (χ1v) is 7.45. The molecule has 2 atom stereocenters. The molecule has 0 amide bonds. The van der Waals surface area contributed by atoms with E-state index in [0.29, 0.717) is 11.8 Å². The second-order valence-corrected chi connectivity index (χ2v) is 5.98. The largest absolute Gasteiger partial charge is 0.361 e. The smallest absolute Gasteiger partial charge is 0.0498 e. The number of nitrogens with one attached hydrogen (secondary N) is 1. The van der Waals surface area contributed by atoms with Crippen LogP contribution in [0.25, 0.3) is 17.0 Å². The molecular formula is C18H23N. The summed E-state index contributed by atoms with van der Waals surface area (Å²) in [5.74, 6) is 1.36. The molecule has 0 bridgehead atoms. The van der Waals surface area contributed by atoms with E-state index in [1.165, 1.54) is 28.5 Å². The number of benzene rings is 1. The molecule has 1 aromatic carbocycles. The summed E-state index contributed by atoms with van der Waals surface area (Å²) in [7, 11) is 0. The van der Waals surface area contributed by atoms with Crippen molar-refractivity contribution in [2.75, 3.05) is 0 Å². The third-order valence-electron chi connectivity index (χ3n) is 4.62. The normalized spacial score (nSPS) is 22.5. The van der Waals surface area contributed by atoms with E-state index in [1.807, 2.05) is 0 Å². The van der Waals surface area contributed by atoms with Crippen molar-refractivity contribution < 1.29 is 0 Å². The first-order valence-electron chi connectivity index (χ1n) is 7.45. The molecule has 0 aliphatic heterocycles. The highest BCUT2D eigenvalue weighted by molar-refractivity contribution is 5.94. The molecule has 3 rings (SSSR count). The Morgan fingerprint density at radius 1 is 1.26 bits per heavy atom. The summed E-state index contributed by atoms with van der Waals surface area (Å²) < 4.78 is 0. The monoisotopic (exact) mass is 253 g/mol. The lowest BCUT2D eigenvalue weighted by atomic mass is 9.90. The van der Waals surface area contributed by atoms with E-state index < -0.39 is 0 Å². The van der Waals surface area contributed by atoms with Crippen LogP contribution in [0.4, 0.5) is 0 Å². The lowest BCUT2D eigenvalue weighted by Gasteiger charge is -2.15. The average Bonchev–Trinajstić information content (AvgIpc) is 2.94. The van der Waals surface area contributed by atoms with Gasteiger partial charge in [-0.1, -0.05) is 32.9 Å². The minimum atomic E-state index is 0.675. The fraction of sp³-hybridized carbons (Fsp3) is 0.444. The topological polar surface area (TPSA) is 15.8 Å². The summed E-state index contributed by atoms with van der Waals surface area (Å²) in [6.07, 6.45) is 9.04.